The van der Waals surface area contributed by atoms with Gasteiger partial charge in [0.05, 0.1) is 0 Å². The number of fused-ring (bicyclic) bond motifs is 5. The second-order valence-electron chi connectivity index (χ2n) is 9.65. The molecular formula is C35H22N2OSe. The fourth-order valence-corrected chi connectivity index (χ4v) is 7.90. The Hall–Kier alpha value is -4.63. The summed E-state index contributed by atoms with van der Waals surface area (Å²) in [7, 11) is 0. The van der Waals surface area contributed by atoms with E-state index >= 15 is 0 Å². The minimum absolute atomic E-state index is 0.189. The number of hydrogen-bond acceptors (Lipinski definition) is 3. The van der Waals surface area contributed by atoms with Gasteiger partial charge >= 0.3 is 232 Å². The summed E-state index contributed by atoms with van der Waals surface area (Å²) >= 11 is 0.189. The van der Waals surface area contributed by atoms with Crippen LogP contribution in [0.4, 0.5) is 17.1 Å². The van der Waals surface area contributed by atoms with Gasteiger partial charge in [-0.15, -0.1) is 0 Å². The van der Waals surface area contributed by atoms with Gasteiger partial charge in [0.2, 0.25) is 0 Å². The summed E-state index contributed by atoms with van der Waals surface area (Å²) in [4.78, 5) is 7.17. The molecule has 6 aromatic carbocycles. The van der Waals surface area contributed by atoms with E-state index in [0.717, 1.165) is 33.7 Å². The van der Waals surface area contributed by atoms with Crippen molar-refractivity contribution in [2.45, 2.75) is 0 Å². The predicted octanol–water partition coefficient (Wildman–Crippen LogP) is 9.48. The predicted molar refractivity (Wildman–Crippen MR) is 164 cm³/mol. The summed E-state index contributed by atoms with van der Waals surface area (Å²) in [6, 6.07) is 47.2. The third kappa shape index (κ3) is 3.77. The van der Waals surface area contributed by atoms with Crippen molar-refractivity contribution < 1.29 is 4.42 Å². The van der Waals surface area contributed by atoms with Crippen LogP contribution in [0.2, 0.25) is 0 Å². The Morgan fingerprint density at radius 2 is 1.33 bits per heavy atom. The van der Waals surface area contributed by atoms with Crippen LogP contribution in [0.25, 0.3) is 52.6 Å². The standard InChI is InChI=1S/C35H22N2OSe/c1-2-11-25(12-3-1)37(26-18-17-23-9-4-5-10-24(23)21-26)27-19-20-28-33(22-27)39-32-16-8-13-29(34(28)32)35-36-30-14-6-7-15-31(30)38-35/h1-22H. The molecule has 184 valence electrons. The molecule has 0 N–H and O–H groups in total. The number of anilines is 3. The Labute approximate surface area is 231 Å². The molecule has 0 saturated carbocycles. The molecular weight excluding hydrogens is 543 g/mol. The molecule has 0 aliphatic carbocycles. The van der Waals surface area contributed by atoms with E-state index in [4.69, 9.17) is 9.40 Å². The zero-order valence-corrected chi connectivity index (χ0v) is 22.6. The van der Waals surface area contributed by atoms with E-state index in [1.54, 1.807) is 0 Å². The first kappa shape index (κ1) is 22.4. The van der Waals surface area contributed by atoms with Gasteiger partial charge in [-0.3, -0.25) is 0 Å². The quantitative estimate of drug-likeness (QED) is 0.199. The van der Waals surface area contributed by atoms with E-state index < -0.39 is 0 Å². The van der Waals surface area contributed by atoms with Gasteiger partial charge in [0.15, 0.2) is 0 Å². The number of oxazole rings is 1. The Morgan fingerprint density at radius 1 is 0.564 bits per heavy atom. The van der Waals surface area contributed by atoms with Gasteiger partial charge in [-0.05, 0) is 0 Å². The first-order valence-electron chi connectivity index (χ1n) is 13.0. The van der Waals surface area contributed by atoms with Crippen LogP contribution in [0.15, 0.2) is 138 Å². The summed E-state index contributed by atoms with van der Waals surface area (Å²) in [6.07, 6.45) is 0. The molecule has 0 radical (unpaired) electrons. The zero-order valence-electron chi connectivity index (χ0n) is 20.9. The van der Waals surface area contributed by atoms with Crippen LogP contribution < -0.4 is 4.90 Å². The van der Waals surface area contributed by atoms with Gasteiger partial charge < -0.3 is 0 Å². The Balaban J connectivity index is 1.31. The first-order valence-corrected chi connectivity index (χ1v) is 14.7. The maximum absolute atomic E-state index is 6.19. The molecule has 3 nitrogen and oxygen atoms in total. The average Bonchev–Trinajstić information content (AvgIpc) is 3.59. The van der Waals surface area contributed by atoms with Crippen LogP contribution >= 0.6 is 0 Å². The van der Waals surface area contributed by atoms with E-state index in [1.807, 2.05) is 24.3 Å². The molecule has 2 heterocycles. The van der Waals surface area contributed by atoms with Crippen molar-refractivity contribution in [3.8, 4) is 11.5 Å². The van der Waals surface area contributed by atoms with E-state index in [2.05, 4.69) is 114 Å². The molecule has 8 rings (SSSR count). The van der Waals surface area contributed by atoms with Crippen molar-refractivity contribution in [1.29, 1.82) is 0 Å². The topological polar surface area (TPSA) is 29.3 Å². The summed E-state index contributed by atoms with van der Waals surface area (Å²) < 4.78 is 8.94. The number of hydrogen-bond donors (Lipinski definition) is 0. The number of para-hydroxylation sites is 3. The Kier molecular flexibility index (Phi) is 5.15. The summed E-state index contributed by atoms with van der Waals surface area (Å²) in [5.41, 5.74) is 6.22. The van der Waals surface area contributed by atoms with Crippen LogP contribution in [0.3, 0.4) is 0 Å². The molecule has 0 spiro atoms. The normalized spacial score (nSPS) is 11.6. The SMILES string of the molecule is c1ccc(N(c2ccc3ccccc3c2)c2ccc3c(c2)[se]c2cccc(-c4nc5ccccc5o4)c23)cc1. The average molecular weight is 566 g/mol. The van der Waals surface area contributed by atoms with Gasteiger partial charge in [0.25, 0.3) is 0 Å². The molecule has 0 aliphatic rings. The molecule has 4 heteroatoms. The number of rotatable bonds is 4. The Bertz CT molecular complexity index is 2110. The van der Waals surface area contributed by atoms with Crippen molar-refractivity contribution in [2.24, 2.45) is 0 Å². The molecule has 0 saturated heterocycles. The minimum atomic E-state index is 0.189. The fourth-order valence-electron chi connectivity index (χ4n) is 5.46. The van der Waals surface area contributed by atoms with Gasteiger partial charge in [-0.2, -0.15) is 0 Å². The number of benzene rings is 6. The first-order chi connectivity index (χ1) is 19.3. The van der Waals surface area contributed by atoms with E-state index in [-0.39, 0.29) is 14.5 Å². The van der Waals surface area contributed by atoms with Crippen molar-refractivity contribution >= 4 is 72.7 Å². The maximum atomic E-state index is 6.19. The van der Waals surface area contributed by atoms with Crippen molar-refractivity contribution in [2.75, 3.05) is 4.90 Å². The van der Waals surface area contributed by atoms with Crippen LogP contribution in [-0.4, -0.2) is 19.5 Å². The molecule has 0 fully saturated rings. The zero-order chi connectivity index (χ0) is 25.8. The number of nitrogens with zero attached hydrogens (tertiary/aromatic N) is 2. The van der Waals surface area contributed by atoms with Gasteiger partial charge in [0, 0.05) is 0 Å². The third-order valence-corrected chi connectivity index (χ3v) is 9.61. The molecule has 0 bridgehead atoms. The van der Waals surface area contributed by atoms with Crippen molar-refractivity contribution in [3.05, 3.63) is 133 Å². The van der Waals surface area contributed by atoms with E-state index in [1.165, 1.54) is 30.1 Å². The van der Waals surface area contributed by atoms with Crippen LogP contribution in [0.1, 0.15) is 0 Å². The second-order valence-corrected chi connectivity index (χ2v) is 11.9. The van der Waals surface area contributed by atoms with Gasteiger partial charge in [-0.1, -0.05) is 0 Å². The fraction of sp³-hybridized carbons (Fsp3) is 0. The molecule has 0 unspecified atom stereocenters. The second kappa shape index (κ2) is 8.99. The van der Waals surface area contributed by atoms with Crippen LogP contribution in [-0.2, 0) is 0 Å². The third-order valence-electron chi connectivity index (χ3n) is 7.27. The number of aromatic nitrogens is 1. The van der Waals surface area contributed by atoms with Crippen LogP contribution in [0.5, 0.6) is 0 Å². The molecule has 0 amide bonds. The molecule has 39 heavy (non-hydrogen) atoms. The van der Waals surface area contributed by atoms with E-state index in [9.17, 15) is 0 Å². The van der Waals surface area contributed by atoms with E-state index in [0.29, 0.717) is 5.89 Å². The van der Waals surface area contributed by atoms with Crippen molar-refractivity contribution in [3.63, 3.8) is 0 Å². The Morgan fingerprint density at radius 3 is 2.23 bits per heavy atom. The molecule has 0 aliphatic heterocycles. The molecule has 0 atom stereocenters. The van der Waals surface area contributed by atoms with Crippen LogP contribution in [0, 0.1) is 0 Å². The van der Waals surface area contributed by atoms with Gasteiger partial charge in [0.1, 0.15) is 0 Å². The monoisotopic (exact) mass is 566 g/mol. The molecule has 8 aromatic rings. The summed E-state index contributed by atoms with van der Waals surface area (Å²) in [5.74, 6) is 0.683. The van der Waals surface area contributed by atoms with Crippen molar-refractivity contribution in [1.82, 2.24) is 4.98 Å². The van der Waals surface area contributed by atoms with Gasteiger partial charge in [-0.25, -0.2) is 0 Å². The summed E-state index contributed by atoms with van der Waals surface area (Å²) in [6.45, 7) is 0. The summed E-state index contributed by atoms with van der Waals surface area (Å²) in [5, 5.41) is 5.01. The molecule has 2 aromatic heterocycles.